The molecule has 1 N–H and O–H groups in total. The number of halogens is 5. The summed E-state index contributed by atoms with van der Waals surface area (Å²) in [7, 11) is 2.74. The first-order valence-electron chi connectivity index (χ1n) is 15.3. The van der Waals surface area contributed by atoms with Crippen molar-refractivity contribution in [1.82, 2.24) is 18.6 Å². The van der Waals surface area contributed by atoms with Gasteiger partial charge >= 0.3 is 23.9 Å². The molecule has 51 heavy (non-hydrogen) atoms. The van der Waals surface area contributed by atoms with Crippen LogP contribution in [0.15, 0.2) is 37.5 Å². The fourth-order valence-electron chi connectivity index (χ4n) is 5.85. The number of alkyl halides is 3. The van der Waals surface area contributed by atoms with E-state index in [2.05, 4.69) is 4.99 Å². The zero-order chi connectivity index (χ0) is 37.8. The number of fused-ring (bicyclic) bond motifs is 1. The van der Waals surface area contributed by atoms with Gasteiger partial charge in [0.1, 0.15) is 27.6 Å². The molecule has 274 valence electrons. The number of benzene rings is 1. The number of carbonyl (C=O) groups excluding carboxylic acids is 2. The van der Waals surface area contributed by atoms with E-state index in [-0.39, 0.29) is 47.4 Å². The minimum Gasteiger partial charge on any atom is -0.481 e. The van der Waals surface area contributed by atoms with Crippen molar-refractivity contribution >= 4 is 50.9 Å². The molecule has 0 spiro atoms. The Balaban J connectivity index is 1.60. The Hall–Kier alpha value is -4.65. The van der Waals surface area contributed by atoms with E-state index in [0.29, 0.717) is 22.2 Å². The third-order valence-electron chi connectivity index (χ3n) is 8.54. The SMILES string of the molecule is Cn1c(=O)c2c(CC(=O)N=c3scc(-c4ccc(F)c(C(F)(F)F)c4F)n3CC3(C(=O)O)CCN(C(=O)OC(C)(C)C)CC3)csc2n(C)c1=O. The van der Waals surface area contributed by atoms with Crippen molar-refractivity contribution in [3.05, 3.63) is 71.3 Å². The van der Waals surface area contributed by atoms with Gasteiger partial charge in [-0.2, -0.15) is 18.2 Å². The van der Waals surface area contributed by atoms with Crippen LogP contribution in [-0.4, -0.2) is 60.4 Å². The van der Waals surface area contributed by atoms with Crippen LogP contribution in [0.5, 0.6) is 0 Å². The van der Waals surface area contributed by atoms with E-state index in [0.717, 1.165) is 26.5 Å². The van der Waals surface area contributed by atoms with Crippen molar-refractivity contribution in [1.29, 1.82) is 0 Å². The lowest BCUT2D eigenvalue weighted by Gasteiger charge is -2.39. The van der Waals surface area contributed by atoms with Crippen LogP contribution in [0.2, 0.25) is 0 Å². The summed E-state index contributed by atoms with van der Waals surface area (Å²) in [4.78, 5) is 69.8. The lowest BCUT2D eigenvalue weighted by molar-refractivity contribution is -0.153. The summed E-state index contributed by atoms with van der Waals surface area (Å²) in [6.07, 6.45) is -6.83. The second-order valence-electron chi connectivity index (χ2n) is 13.2. The molecular formula is C32H32F5N5O7S2. The fraction of sp³-hybridized carbons (Fsp3) is 0.438. The molecule has 19 heteroatoms. The van der Waals surface area contributed by atoms with Crippen molar-refractivity contribution in [3.63, 3.8) is 0 Å². The molecule has 0 unspecified atom stereocenters. The molecule has 0 radical (unpaired) electrons. The number of aliphatic carboxylic acids is 1. The second-order valence-corrected chi connectivity index (χ2v) is 14.8. The molecule has 0 aliphatic carbocycles. The number of piperidine rings is 1. The van der Waals surface area contributed by atoms with Crippen LogP contribution in [0.4, 0.5) is 26.7 Å². The molecule has 1 aliphatic heterocycles. The van der Waals surface area contributed by atoms with E-state index < -0.39 is 82.1 Å². The van der Waals surface area contributed by atoms with Crippen molar-refractivity contribution in [2.75, 3.05) is 13.1 Å². The number of rotatable bonds is 6. The average molecular weight is 758 g/mol. The monoisotopic (exact) mass is 757 g/mol. The van der Waals surface area contributed by atoms with E-state index >= 15 is 4.39 Å². The lowest BCUT2D eigenvalue weighted by Crippen LogP contribution is -2.50. The van der Waals surface area contributed by atoms with Gasteiger partial charge in [-0.25, -0.2) is 18.4 Å². The van der Waals surface area contributed by atoms with Gasteiger partial charge in [-0.05, 0) is 56.7 Å². The van der Waals surface area contributed by atoms with Crippen LogP contribution >= 0.6 is 22.7 Å². The summed E-state index contributed by atoms with van der Waals surface area (Å²) in [6, 6.07) is 1.22. The summed E-state index contributed by atoms with van der Waals surface area (Å²) in [6.45, 7) is 4.34. The van der Waals surface area contributed by atoms with Crippen LogP contribution in [0.1, 0.15) is 44.7 Å². The number of amides is 2. The quantitative estimate of drug-likeness (QED) is 0.276. The molecular weight excluding hydrogens is 726 g/mol. The topological polar surface area (TPSA) is 145 Å². The zero-order valence-electron chi connectivity index (χ0n) is 27.9. The molecule has 0 atom stereocenters. The van der Waals surface area contributed by atoms with E-state index in [9.17, 15) is 46.6 Å². The Morgan fingerprint density at radius 1 is 1.00 bits per heavy atom. The van der Waals surface area contributed by atoms with Gasteiger partial charge in [0.25, 0.3) is 11.5 Å². The lowest BCUT2D eigenvalue weighted by atomic mass is 9.78. The van der Waals surface area contributed by atoms with Crippen LogP contribution in [-0.2, 0) is 47.6 Å². The molecule has 12 nitrogen and oxygen atoms in total. The number of thiazole rings is 1. The van der Waals surface area contributed by atoms with Gasteiger partial charge in [-0.3, -0.25) is 23.5 Å². The molecule has 1 aliphatic rings. The normalized spacial score (nSPS) is 15.4. The number of ether oxygens (including phenoxy) is 1. The minimum absolute atomic E-state index is 0.0710. The fourth-order valence-corrected chi connectivity index (χ4v) is 7.79. The number of nitrogens with zero attached hydrogens (tertiary/aromatic N) is 5. The highest BCUT2D eigenvalue weighted by atomic mass is 32.1. The molecule has 1 aromatic carbocycles. The first-order valence-corrected chi connectivity index (χ1v) is 17.1. The molecule has 0 saturated carbocycles. The van der Waals surface area contributed by atoms with E-state index in [1.54, 1.807) is 20.8 Å². The third-order valence-corrected chi connectivity index (χ3v) is 10.5. The highest BCUT2D eigenvalue weighted by molar-refractivity contribution is 7.17. The predicted molar refractivity (Wildman–Crippen MR) is 176 cm³/mol. The number of carboxylic acids is 1. The number of carbonyl (C=O) groups is 3. The van der Waals surface area contributed by atoms with Gasteiger partial charge in [-0.1, -0.05) is 0 Å². The smallest absolute Gasteiger partial charge is 0.422 e. The zero-order valence-corrected chi connectivity index (χ0v) is 29.5. The first kappa shape index (κ1) is 37.6. The van der Waals surface area contributed by atoms with E-state index in [1.165, 1.54) is 34.3 Å². The molecule has 2 amide bonds. The van der Waals surface area contributed by atoms with E-state index in [1.807, 2.05) is 0 Å². The number of thiophene rings is 1. The predicted octanol–water partition coefficient (Wildman–Crippen LogP) is 4.90. The Morgan fingerprint density at radius 3 is 2.24 bits per heavy atom. The largest absolute Gasteiger partial charge is 0.481 e. The Labute approximate surface area is 293 Å². The minimum atomic E-state index is -5.41. The van der Waals surface area contributed by atoms with Crippen LogP contribution in [0.3, 0.4) is 0 Å². The molecule has 4 aromatic rings. The van der Waals surface area contributed by atoms with Crippen molar-refractivity contribution in [2.45, 2.75) is 58.4 Å². The van der Waals surface area contributed by atoms with Gasteiger partial charge in [0.2, 0.25) is 0 Å². The van der Waals surface area contributed by atoms with Crippen LogP contribution in [0.25, 0.3) is 21.5 Å². The van der Waals surface area contributed by atoms with Gasteiger partial charge in [0, 0.05) is 44.7 Å². The van der Waals surface area contributed by atoms with E-state index in [4.69, 9.17) is 4.74 Å². The van der Waals surface area contributed by atoms with Crippen molar-refractivity contribution in [2.24, 2.45) is 24.5 Å². The number of likely N-dealkylation sites (tertiary alicyclic amines) is 1. The first-order chi connectivity index (χ1) is 23.6. The maximum Gasteiger partial charge on any atom is 0.422 e. The summed E-state index contributed by atoms with van der Waals surface area (Å²) < 4.78 is 79.5. The van der Waals surface area contributed by atoms with Gasteiger partial charge in [-0.15, -0.1) is 22.7 Å². The summed E-state index contributed by atoms with van der Waals surface area (Å²) in [5, 5.41) is 13.3. The Morgan fingerprint density at radius 2 is 1.65 bits per heavy atom. The Bertz CT molecular complexity index is 2250. The molecule has 1 saturated heterocycles. The molecule has 4 heterocycles. The standard InChI is InChI=1S/C32H32F5N5O7S2/c1-30(2,3)49-29(48)41-10-8-31(9-11-41,26(45)46)15-42-19(17-6-7-18(33)22(23(17)34)32(35,36)37)14-51-27(42)38-20(43)12-16-13-50-25-21(16)24(44)39(4)28(47)40(25)5/h6-7,13-14H,8-12,15H2,1-5H3,(H,45,46). The van der Waals surface area contributed by atoms with Crippen LogP contribution < -0.4 is 16.1 Å². The number of aryl methyl sites for hydroxylation is 1. The van der Waals surface area contributed by atoms with Gasteiger partial charge in [0.15, 0.2) is 4.80 Å². The highest BCUT2D eigenvalue weighted by Crippen LogP contribution is 2.40. The number of hydrogen-bond acceptors (Lipinski definition) is 8. The van der Waals surface area contributed by atoms with Gasteiger partial charge in [0.05, 0.1) is 22.9 Å². The molecule has 0 bridgehead atoms. The maximum absolute atomic E-state index is 15.5. The number of hydrogen-bond donors (Lipinski definition) is 1. The third kappa shape index (κ3) is 7.26. The molecule has 1 fully saturated rings. The average Bonchev–Trinajstić information content (AvgIpc) is 3.61. The maximum atomic E-state index is 15.5. The number of aromatic nitrogens is 3. The summed E-state index contributed by atoms with van der Waals surface area (Å²) in [5.41, 5.74) is -6.62. The molecule has 3 aromatic heterocycles. The van der Waals surface area contributed by atoms with Crippen molar-refractivity contribution < 1.29 is 46.2 Å². The highest BCUT2D eigenvalue weighted by Gasteiger charge is 2.45. The molecule has 5 rings (SSSR count). The number of carboxylic acid groups (broad SMARTS) is 1. The Kier molecular flexibility index (Phi) is 9.94. The van der Waals surface area contributed by atoms with Gasteiger partial charge < -0.3 is 19.3 Å². The second kappa shape index (κ2) is 13.5. The summed E-state index contributed by atoms with van der Waals surface area (Å²) in [5.74, 6) is -5.96. The van der Waals surface area contributed by atoms with Crippen molar-refractivity contribution in [3.8, 4) is 11.3 Å². The summed E-state index contributed by atoms with van der Waals surface area (Å²) >= 11 is 1.76. The van der Waals surface area contributed by atoms with Crippen LogP contribution in [0, 0.1) is 17.0 Å².